The highest BCUT2D eigenvalue weighted by Crippen LogP contribution is 2.17. The minimum absolute atomic E-state index is 0.109. The molecule has 0 unspecified atom stereocenters. The number of ether oxygens (including phenoxy) is 2. The number of benzene rings is 1. The first-order valence-corrected chi connectivity index (χ1v) is 9.07. The minimum atomic E-state index is -3.59. The molecule has 0 heterocycles. The summed E-state index contributed by atoms with van der Waals surface area (Å²) in [6, 6.07) is 5.80. The molecule has 0 aliphatic rings. The maximum absolute atomic E-state index is 12.2. The number of sulfonamides is 1. The summed E-state index contributed by atoms with van der Waals surface area (Å²) in [6.45, 7) is 7.39. The Bertz CT molecular complexity index is 635. The molecule has 1 amide bonds. The van der Waals surface area contributed by atoms with Crippen LogP contribution in [0.3, 0.4) is 0 Å². The number of hydrogen-bond acceptors (Lipinski definition) is 5. The van der Waals surface area contributed by atoms with Crippen LogP contribution in [0.4, 0.5) is 0 Å². The topological polar surface area (TPSA) is 93.7 Å². The second kappa shape index (κ2) is 8.46. The van der Waals surface area contributed by atoms with E-state index in [0.717, 1.165) is 0 Å². The summed E-state index contributed by atoms with van der Waals surface area (Å²) >= 11 is 0. The number of carbonyl (C=O) groups excluding carboxylic acids is 1. The fourth-order valence-corrected chi connectivity index (χ4v) is 3.35. The van der Waals surface area contributed by atoms with Crippen molar-refractivity contribution in [1.29, 1.82) is 0 Å². The van der Waals surface area contributed by atoms with Crippen LogP contribution in [-0.4, -0.2) is 46.2 Å². The molecule has 1 rings (SSSR count). The standard InChI is InChI=1S/C16H26N2O5S/c1-12(10-22-5)17-15(19)11-23-13-6-8-14(9-7-13)24(20,21)18-16(2,3)4/h6-9,12,18H,10-11H2,1-5H3,(H,17,19)/t12-/m0/s1. The number of nitrogens with one attached hydrogen (secondary N) is 2. The van der Waals surface area contributed by atoms with Gasteiger partial charge in [0.2, 0.25) is 10.0 Å². The molecule has 1 aromatic carbocycles. The van der Waals surface area contributed by atoms with Gasteiger partial charge in [-0.25, -0.2) is 13.1 Å². The van der Waals surface area contributed by atoms with E-state index < -0.39 is 15.6 Å². The van der Waals surface area contributed by atoms with Crippen LogP contribution < -0.4 is 14.8 Å². The molecule has 2 N–H and O–H groups in total. The van der Waals surface area contributed by atoms with Crippen LogP contribution >= 0.6 is 0 Å². The van der Waals surface area contributed by atoms with Gasteiger partial charge in [0.05, 0.1) is 11.5 Å². The van der Waals surface area contributed by atoms with Crippen LogP contribution in [0.2, 0.25) is 0 Å². The summed E-state index contributed by atoms with van der Waals surface area (Å²) in [5.41, 5.74) is -0.564. The average molecular weight is 358 g/mol. The van der Waals surface area contributed by atoms with E-state index in [2.05, 4.69) is 10.0 Å². The van der Waals surface area contributed by atoms with Crippen molar-refractivity contribution in [2.24, 2.45) is 0 Å². The van der Waals surface area contributed by atoms with Crippen LogP contribution in [0.25, 0.3) is 0 Å². The highest BCUT2D eigenvalue weighted by atomic mass is 32.2. The Hall–Kier alpha value is -1.64. The van der Waals surface area contributed by atoms with E-state index >= 15 is 0 Å². The number of amides is 1. The van der Waals surface area contributed by atoms with Gasteiger partial charge in [-0.3, -0.25) is 4.79 Å². The Balaban J connectivity index is 2.61. The maximum Gasteiger partial charge on any atom is 0.258 e. The molecule has 0 saturated heterocycles. The third kappa shape index (κ3) is 7.29. The molecule has 0 aromatic heterocycles. The third-order valence-corrected chi connectivity index (χ3v) is 4.54. The van der Waals surface area contributed by atoms with Gasteiger partial charge in [0.25, 0.3) is 5.91 Å². The second-order valence-electron chi connectivity index (χ2n) is 6.54. The molecule has 0 fully saturated rings. The number of carbonyl (C=O) groups is 1. The minimum Gasteiger partial charge on any atom is -0.484 e. The van der Waals surface area contributed by atoms with Gasteiger partial charge >= 0.3 is 0 Å². The Morgan fingerprint density at radius 1 is 1.21 bits per heavy atom. The fraction of sp³-hybridized carbons (Fsp3) is 0.562. The first kappa shape index (κ1) is 20.4. The summed E-state index contributed by atoms with van der Waals surface area (Å²) in [5, 5.41) is 2.72. The van der Waals surface area contributed by atoms with Crippen molar-refractivity contribution >= 4 is 15.9 Å². The molecule has 7 nitrogen and oxygen atoms in total. The van der Waals surface area contributed by atoms with Crippen molar-refractivity contribution in [3.63, 3.8) is 0 Å². The summed E-state index contributed by atoms with van der Waals surface area (Å²) in [7, 11) is -2.03. The molecular weight excluding hydrogens is 332 g/mol. The normalized spacial score (nSPS) is 13.4. The molecule has 0 bridgehead atoms. The van der Waals surface area contributed by atoms with Crippen LogP contribution in [0.1, 0.15) is 27.7 Å². The van der Waals surface area contributed by atoms with E-state index in [1.54, 1.807) is 27.9 Å². The van der Waals surface area contributed by atoms with Crippen LogP contribution in [0.5, 0.6) is 5.75 Å². The van der Waals surface area contributed by atoms with Crippen molar-refractivity contribution in [3.05, 3.63) is 24.3 Å². The lowest BCUT2D eigenvalue weighted by Crippen LogP contribution is -2.40. The van der Waals surface area contributed by atoms with Gasteiger partial charge < -0.3 is 14.8 Å². The first-order valence-electron chi connectivity index (χ1n) is 7.58. The van der Waals surface area contributed by atoms with Crippen LogP contribution in [0, 0.1) is 0 Å². The van der Waals surface area contributed by atoms with Gasteiger partial charge in [-0.15, -0.1) is 0 Å². The summed E-state index contributed by atoms with van der Waals surface area (Å²) in [6.07, 6.45) is 0. The lowest BCUT2D eigenvalue weighted by Gasteiger charge is -2.20. The molecule has 8 heteroatoms. The van der Waals surface area contributed by atoms with Gasteiger partial charge in [0.15, 0.2) is 6.61 Å². The zero-order chi connectivity index (χ0) is 18.4. The monoisotopic (exact) mass is 358 g/mol. The fourth-order valence-electron chi connectivity index (χ4n) is 1.93. The Labute approximate surface area is 143 Å². The SMILES string of the molecule is COC[C@H](C)NC(=O)COc1ccc(S(=O)(=O)NC(C)(C)C)cc1. The second-order valence-corrected chi connectivity index (χ2v) is 8.22. The maximum atomic E-state index is 12.2. The van der Waals surface area contributed by atoms with Crippen molar-refractivity contribution in [1.82, 2.24) is 10.0 Å². The number of rotatable bonds is 8. The predicted molar refractivity (Wildman–Crippen MR) is 91.5 cm³/mol. The van der Waals surface area contributed by atoms with Gasteiger partial charge in [-0.05, 0) is 52.0 Å². The predicted octanol–water partition coefficient (Wildman–Crippen LogP) is 1.29. The van der Waals surface area contributed by atoms with E-state index in [9.17, 15) is 13.2 Å². The smallest absolute Gasteiger partial charge is 0.258 e. The van der Waals surface area contributed by atoms with E-state index in [4.69, 9.17) is 9.47 Å². The molecule has 1 aromatic rings. The van der Waals surface area contributed by atoms with Gasteiger partial charge in [0, 0.05) is 18.7 Å². The molecule has 0 aliphatic carbocycles. The summed E-state index contributed by atoms with van der Waals surface area (Å²) in [4.78, 5) is 11.8. The molecule has 24 heavy (non-hydrogen) atoms. The highest BCUT2D eigenvalue weighted by Gasteiger charge is 2.21. The van der Waals surface area contributed by atoms with Gasteiger partial charge in [-0.1, -0.05) is 0 Å². The van der Waals surface area contributed by atoms with Crippen molar-refractivity contribution < 1.29 is 22.7 Å². The quantitative estimate of drug-likeness (QED) is 0.730. The molecule has 0 spiro atoms. The Morgan fingerprint density at radius 2 is 1.79 bits per heavy atom. The first-order chi connectivity index (χ1) is 11.0. The summed E-state index contributed by atoms with van der Waals surface area (Å²) in [5.74, 6) is 0.143. The lowest BCUT2D eigenvalue weighted by atomic mass is 10.1. The van der Waals surface area contributed by atoms with E-state index in [1.807, 2.05) is 6.92 Å². The number of methoxy groups -OCH3 is 1. The number of hydrogen-bond donors (Lipinski definition) is 2. The molecular formula is C16H26N2O5S. The largest absolute Gasteiger partial charge is 0.484 e. The third-order valence-electron chi connectivity index (χ3n) is 2.77. The molecule has 0 aliphatic heterocycles. The van der Waals surface area contributed by atoms with E-state index in [1.165, 1.54) is 24.3 Å². The molecule has 1 atom stereocenters. The zero-order valence-corrected chi connectivity index (χ0v) is 15.6. The molecule has 136 valence electrons. The Kier molecular flexibility index (Phi) is 7.19. The van der Waals surface area contributed by atoms with E-state index in [0.29, 0.717) is 12.4 Å². The van der Waals surface area contributed by atoms with Crippen molar-refractivity contribution in [2.75, 3.05) is 20.3 Å². The van der Waals surface area contributed by atoms with E-state index in [-0.39, 0.29) is 23.5 Å². The van der Waals surface area contributed by atoms with Gasteiger partial charge in [-0.2, -0.15) is 0 Å². The van der Waals surface area contributed by atoms with Crippen molar-refractivity contribution in [2.45, 2.75) is 44.2 Å². The zero-order valence-electron chi connectivity index (χ0n) is 14.8. The van der Waals surface area contributed by atoms with Gasteiger partial charge in [0.1, 0.15) is 5.75 Å². The average Bonchev–Trinajstić information content (AvgIpc) is 2.43. The molecule has 0 saturated carbocycles. The molecule has 0 radical (unpaired) electrons. The van der Waals surface area contributed by atoms with Crippen LogP contribution in [-0.2, 0) is 19.6 Å². The lowest BCUT2D eigenvalue weighted by molar-refractivity contribution is -0.124. The summed E-state index contributed by atoms with van der Waals surface area (Å²) < 4.78 is 37.2. The Morgan fingerprint density at radius 3 is 2.29 bits per heavy atom. The van der Waals surface area contributed by atoms with Crippen molar-refractivity contribution in [3.8, 4) is 5.75 Å². The highest BCUT2D eigenvalue weighted by molar-refractivity contribution is 7.89. The van der Waals surface area contributed by atoms with Crippen LogP contribution in [0.15, 0.2) is 29.2 Å².